The van der Waals surface area contributed by atoms with Crippen molar-refractivity contribution in [2.75, 3.05) is 19.7 Å². The molecule has 1 unspecified atom stereocenters. The van der Waals surface area contributed by atoms with Crippen LogP contribution in [-0.4, -0.2) is 42.6 Å². The molecule has 1 aliphatic rings. The predicted octanol–water partition coefficient (Wildman–Crippen LogP) is 3.26. The SMILES string of the molecule is CCOC(=O)C1CCN(C(=O)C(CC)Oc2cccc(C)c2C)CC1. The molecule has 0 aromatic heterocycles. The van der Waals surface area contributed by atoms with Crippen LogP contribution in [0.25, 0.3) is 0 Å². The number of rotatable bonds is 6. The molecule has 1 heterocycles. The second-order valence-corrected chi connectivity index (χ2v) is 6.56. The van der Waals surface area contributed by atoms with Gasteiger partial charge in [0.15, 0.2) is 6.10 Å². The van der Waals surface area contributed by atoms with Gasteiger partial charge in [-0.15, -0.1) is 0 Å². The summed E-state index contributed by atoms with van der Waals surface area (Å²) in [5, 5.41) is 0. The third-order valence-electron chi connectivity index (χ3n) is 4.90. The van der Waals surface area contributed by atoms with Crippen LogP contribution in [0.1, 0.15) is 44.2 Å². The first-order chi connectivity index (χ1) is 12.0. The molecule has 2 rings (SSSR count). The molecule has 5 nitrogen and oxygen atoms in total. The van der Waals surface area contributed by atoms with Gasteiger partial charge in [-0.1, -0.05) is 19.1 Å². The molecule has 0 N–H and O–H groups in total. The van der Waals surface area contributed by atoms with Gasteiger partial charge in [-0.25, -0.2) is 0 Å². The first kappa shape index (κ1) is 19.3. The normalized spacial score (nSPS) is 16.4. The number of ether oxygens (including phenoxy) is 2. The second-order valence-electron chi connectivity index (χ2n) is 6.56. The van der Waals surface area contributed by atoms with Crippen LogP contribution in [0.4, 0.5) is 0 Å². The van der Waals surface area contributed by atoms with E-state index in [9.17, 15) is 9.59 Å². The van der Waals surface area contributed by atoms with Crippen LogP contribution < -0.4 is 4.74 Å². The van der Waals surface area contributed by atoms with E-state index in [0.29, 0.717) is 39.0 Å². The van der Waals surface area contributed by atoms with Gasteiger partial charge in [-0.3, -0.25) is 9.59 Å². The van der Waals surface area contributed by atoms with Gasteiger partial charge in [0.2, 0.25) is 0 Å². The van der Waals surface area contributed by atoms with Crippen molar-refractivity contribution in [2.24, 2.45) is 5.92 Å². The highest BCUT2D eigenvalue weighted by Gasteiger charge is 2.31. The van der Waals surface area contributed by atoms with Gasteiger partial charge in [0.1, 0.15) is 5.75 Å². The van der Waals surface area contributed by atoms with E-state index >= 15 is 0 Å². The average Bonchev–Trinajstić information content (AvgIpc) is 2.63. The summed E-state index contributed by atoms with van der Waals surface area (Å²) in [6.07, 6.45) is 1.44. The van der Waals surface area contributed by atoms with Crippen molar-refractivity contribution >= 4 is 11.9 Å². The minimum Gasteiger partial charge on any atom is -0.480 e. The molecule has 1 aromatic rings. The minimum absolute atomic E-state index is 0.00529. The van der Waals surface area contributed by atoms with Gasteiger partial charge in [-0.05, 0) is 57.2 Å². The molecular weight excluding hydrogens is 318 g/mol. The van der Waals surface area contributed by atoms with E-state index in [1.807, 2.05) is 50.8 Å². The fourth-order valence-electron chi connectivity index (χ4n) is 3.11. The lowest BCUT2D eigenvalue weighted by Gasteiger charge is -2.33. The smallest absolute Gasteiger partial charge is 0.309 e. The number of carbonyl (C=O) groups is 2. The standard InChI is InChI=1S/C20H29NO4/c1-5-17(25-18-9-7-8-14(3)15(18)4)19(22)21-12-10-16(11-13-21)20(23)24-6-2/h7-9,16-17H,5-6,10-13H2,1-4H3. The topological polar surface area (TPSA) is 55.8 Å². The van der Waals surface area contributed by atoms with Crippen molar-refractivity contribution in [3.05, 3.63) is 29.3 Å². The molecular formula is C20H29NO4. The van der Waals surface area contributed by atoms with Crippen molar-refractivity contribution in [1.82, 2.24) is 4.90 Å². The summed E-state index contributed by atoms with van der Waals surface area (Å²) in [5.74, 6) is 0.532. The third-order valence-corrected chi connectivity index (χ3v) is 4.90. The maximum absolute atomic E-state index is 12.8. The lowest BCUT2D eigenvalue weighted by Crippen LogP contribution is -2.46. The van der Waals surface area contributed by atoms with Gasteiger partial charge < -0.3 is 14.4 Å². The Hall–Kier alpha value is -2.04. The molecule has 1 atom stereocenters. The van der Waals surface area contributed by atoms with Crippen molar-refractivity contribution in [2.45, 2.75) is 53.1 Å². The molecule has 0 aliphatic carbocycles. The molecule has 1 fully saturated rings. The van der Waals surface area contributed by atoms with Crippen LogP contribution in [0.2, 0.25) is 0 Å². The van der Waals surface area contributed by atoms with E-state index in [1.54, 1.807) is 0 Å². The highest BCUT2D eigenvalue weighted by molar-refractivity contribution is 5.82. The molecule has 0 spiro atoms. The molecule has 1 saturated heterocycles. The summed E-state index contributed by atoms with van der Waals surface area (Å²) in [6.45, 7) is 9.37. The molecule has 1 aromatic carbocycles. The Morgan fingerprint density at radius 1 is 1.20 bits per heavy atom. The summed E-state index contributed by atoms with van der Waals surface area (Å²) in [7, 11) is 0. The number of piperidine rings is 1. The zero-order valence-corrected chi connectivity index (χ0v) is 15.7. The van der Waals surface area contributed by atoms with Gasteiger partial charge >= 0.3 is 5.97 Å². The van der Waals surface area contributed by atoms with Crippen LogP contribution in [0.15, 0.2) is 18.2 Å². The van der Waals surface area contributed by atoms with Crippen LogP contribution in [0, 0.1) is 19.8 Å². The van der Waals surface area contributed by atoms with Gasteiger partial charge in [0, 0.05) is 13.1 Å². The molecule has 1 aliphatic heterocycles. The number of hydrogen-bond donors (Lipinski definition) is 0. The summed E-state index contributed by atoms with van der Waals surface area (Å²) in [6, 6.07) is 5.89. The van der Waals surface area contributed by atoms with E-state index < -0.39 is 6.10 Å². The van der Waals surface area contributed by atoms with Gasteiger partial charge in [-0.2, -0.15) is 0 Å². The summed E-state index contributed by atoms with van der Waals surface area (Å²) >= 11 is 0. The molecule has 0 radical (unpaired) electrons. The quantitative estimate of drug-likeness (QED) is 0.741. The van der Waals surface area contributed by atoms with E-state index in [2.05, 4.69) is 0 Å². The highest BCUT2D eigenvalue weighted by Crippen LogP contribution is 2.24. The van der Waals surface area contributed by atoms with Crippen LogP contribution in [-0.2, 0) is 14.3 Å². The molecule has 0 saturated carbocycles. The van der Waals surface area contributed by atoms with E-state index in [0.717, 1.165) is 16.9 Å². The maximum atomic E-state index is 12.8. The second kappa shape index (κ2) is 8.88. The fraction of sp³-hybridized carbons (Fsp3) is 0.600. The molecule has 25 heavy (non-hydrogen) atoms. The van der Waals surface area contributed by atoms with Gasteiger partial charge in [0.05, 0.1) is 12.5 Å². The molecule has 1 amide bonds. The molecule has 5 heteroatoms. The number of amides is 1. The first-order valence-corrected chi connectivity index (χ1v) is 9.16. The lowest BCUT2D eigenvalue weighted by molar-refractivity contribution is -0.152. The Balaban J connectivity index is 1.96. The third kappa shape index (κ3) is 4.74. The van der Waals surface area contributed by atoms with Crippen LogP contribution >= 0.6 is 0 Å². The zero-order chi connectivity index (χ0) is 18.4. The first-order valence-electron chi connectivity index (χ1n) is 9.16. The minimum atomic E-state index is -0.486. The lowest BCUT2D eigenvalue weighted by atomic mass is 9.96. The van der Waals surface area contributed by atoms with Crippen molar-refractivity contribution in [1.29, 1.82) is 0 Å². The van der Waals surface area contributed by atoms with Crippen LogP contribution in [0.5, 0.6) is 5.75 Å². The Morgan fingerprint density at radius 3 is 2.48 bits per heavy atom. The van der Waals surface area contributed by atoms with Gasteiger partial charge in [0.25, 0.3) is 5.91 Å². The maximum Gasteiger partial charge on any atom is 0.309 e. The zero-order valence-electron chi connectivity index (χ0n) is 15.7. The van der Waals surface area contributed by atoms with Crippen LogP contribution in [0.3, 0.4) is 0 Å². The van der Waals surface area contributed by atoms with Crippen molar-refractivity contribution in [3.63, 3.8) is 0 Å². The van der Waals surface area contributed by atoms with E-state index in [4.69, 9.17) is 9.47 Å². The molecule has 0 bridgehead atoms. The average molecular weight is 347 g/mol. The van der Waals surface area contributed by atoms with E-state index in [1.165, 1.54) is 0 Å². The van der Waals surface area contributed by atoms with E-state index in [-0.39, 0.29) is 17.8 Å². The Morgan fingerprint density at radius 2 is 1.88 bits per heavy atom. The predicted molar refractivity (Wildman–Crippen MR) is 96.6 cm³/mol. The number of likely N-dealkylation sites (tertiary alicyclic amines) is 1. The Labute approximate surface area is 150 Å². The summed E-state index contributed by atoms with van der Waals surface area (Å²) in [5.41, 5.74) is 2.21. The largest absolute Gasteiger partial charge is 0.480 e. The summed E-state index contributed by atoms with van der Waals surface area (Å²) in [4.78, 5) is 26.5. The number of hydrogen-bond acceptors (Lipinski definition) is 4. The molecule has 138 valence electrons. The van der Waals surface area contributed by atoms with Crippen molar-refractivity contribution < 1.29 is 19.1 Å². The Kier molecular flexibility index (Phi) is 6.85. The number of nitrogens with zero attached hydrogens (tertiary/aromatic N) is 1. The fourth-order valence-corrected chi connectivity index (χ4v) is 3.11. The summed E-state index contributed by atoms with van der Waals surface area (Å²) < 4.78 is 11.1. The number of benzene rings is 1. The monoisotopic (exact) mass is 347 g/mol. The highest BCUT2D eigenvalue weighted by atomic mass is 16.5. The van der Waals surface area contributed by atoms with Crippen molar-refractivity contribution in [3.8, 4) is 5.75 Å². The Bertz CT molecular complexity index is 606. The number of aryl methyl sites for hydroxylation is 1. The number of esters is 1. The number of carbonyl (C=O) groups excluding carboxylic acids is 2.